The van der Waals surface area contributed by atoms with Gasteiger partial charge in [0.15, 0.2) is 0 Å². The summed E-state index contributed by atoms with van der Waals surface area (Å²) in [6.07, 6.45) is 0. The molecule has 0 saturated carbocycles. The first-order valence-electron chi connectivity index (χ1n) is 7.61. The summed E-state index contributed by atoms with van der Waals surface area (Å²) in [5.41, 5.74) is 7.10. The Balaban J connectivity index is 2.12. The maximum atomic E-state index is 12.6. The summed E-state index contributed by atoms with van der Waals surface area (Å²) in [4.78, 5) is 23.7. The number of rotatable bonds is 7. The molecule has 0 radical (unpaired) electrons. The van der Waals surface area contributed by atoms with Crippen molar-refractivity contribution in [1.29, 1.82) is 0 Å². The van der Waals surface area contributed by atoms with E-state index in [4.69, 9.17) is 10.8 Å². The molecule has 1 atom stereocenters. The van der Waals surface area contributed by atoms with Crippen molar-refractivity contribution < 1.29 is 14.7 Å². The molecular formula is C18H20N2O3SSe. The fraction of sp³-hybridized carbons (Fsp3) is 0.222. The van der Waals surface area contributed by atoms with Crippen LogP contribution >= 0.6 is 10.2 Å². The van der Waals surface area contributed by atoms with Crippen molar-refractivity contribution in [1.82, 2.24) is 0 Å². The second-order valence-electron chi connectivity index (χ2n) is 5.90. The molecule has 0 aliphatic carbocycles. The molecule has 5 nitrogen and oxygen atoms in total. The molecule has 2 rings (SSSR count). The van der Waals surface area contributed by atoms with Gasteiger partial charge < -0.3 is 0 Å². The molecule has 25 heavy (non-hydrogen) atoms. The molecule has 0 heterocycles. The van der Waals surface area contributed by atoms with Gasteiger partial charge in [0.05, 0.1) is 0 Å². The Morgan fingerprint density at radius 1 is 1.12 bits per heavy atom. The number of benzene rings is 2. The summed E-state index contributed by atoms with van der Waals surface area (Å²) in [6, 6.07) is 15.7. The first kappa shape index (κ1) is 19.5. The van der Waals surface area contributed by atoms with Gasteiger partial charge in [0.25, 0.3) is 0 Å². The zero-order valence-electron chi connectivity index (χ0n) is 13.9. The van der Waals surface area contributed by atoms with Gasteiger partial charge >= 0.3 is 157 Å². The van der Waals surface area contributed by atoms with Gasteiger partial charge in [-0.3, -0.25) is 0 Å². The van der Waals surface area contributed by atoms with E-state index in [1.807, 2.05) is 62.4 Å². The number of nitrogens with one attached hydrogen (secondary N) is 1. The minimum atomic E-state index is -1.02. The summed E-state index contributed by atoms with van der Waals surface area (Å²) in [5, 5.41) is 12.0. The number of carboxylic acids is 1. The number of carbonyl (C=O) groups is 2. The van der Waals surface area contributed by atoms with Gasteiger partial charge in [-0.25, -0.2) is 0 Å². The summed E-state index contributed by atoms with van der Waals surface area (Å²) >= 11 is -0.152. The average molecular weight is 423 g/mol. The van der Waals surface area contributed by atoms with Crippen LogP contribution in [0.15, 0.2) is 54.6 Å². The molecule has 0 fully saturated rings. The fourth-order valence-corrected chi connectivity index (χ4v) is 6.59. The van der Waals surface area contributed by atoms with Crippen LogP contribution < -0.4 is 15.5 Å². The molecule has 2 aromatic rings. The van der Waals surface area contributed by atoms with Crippen LogP contribution in [0.2, 0.25) is 0 Å². The van der Waals surface area contributed by atoms with Crippen LogP contribution in [0.5, 0.6) is 0 Å². The second-order valence-corrected chi connectivity index (χ2v) is 10.3. The van der Waals surface area contributed by atoms with Gasteiger partial charge in [0.2, 0.25) is 0 Å². The Morgan fingerprint density at radius 3 is 2.36 bits per heavy atom. The van der Waals surface area contributed by atoms with E-state index in [-0.39, 0.29) is 19.7 Å². The van der Waals surface area contributed by atoms with Gasteiger partial charge in [-0.1, -0.05) is 0 Å². The van der Waals surface area contributed by atoms with Crippen LogP contribution in [-0.2, 0) is 4.79 Å². The molecule has 2 aromatic carbocycles. The maximum absolute atomic E-state index is 12.6. The third kappa shape index (κ3) is 5.34. The molecule has 0 aliphatic rings. The fourth-order valence-electron chi connectivity index (χ4n) is 1.95. The van der Waals surface area contributed by atoms with Crippen molar-refractivity contribution in [3.63, 3.8) is 0 Å². The zero-order valence-corrected chi connectivity index (χ0v) is 16.5. The number of carbonyl (C=O) groups excluding carboxylic acids is 1. The van der Waals surface area contributed by atoms with E-state index in [2.05, 4.69) is 5.32 Å². The van der Waals surface area contributed by atoms with Crippen molar-refractivity contribution in [2.24, 2.45) is 5.73 Å². The number of hydrogen-bond donors (Lipinski definition) is 3. The van der Waals surface area contributed by atoms with Crippen LogP contribution in [0, 0.1) is 0 Å². The molecule has 1 unspecified atom stereocenters. The topological polar surface area (TPSA) is 92.4 Å². The first-order chi connectivity index (χ1) is 11.8. The monoisotopic (exact) mass is 424 g/mol. The quantitative estimate of drug-likeness (QED) is 0.594. The predicted octanol–water partition coefficient (Wildman–Crippen LogP) is 2.11. The van der Waals surface area contributed by atoms with E-state index in [9.17, 15) is 9.59 Å². The Morgan fingerprint density at radius 2 is 1.72 bits per heavy atom. The van der Waals surface area contributed by atoms with E-state index in [0.717, 1.165) is 10.1 Å². The molecule has 0 aliphatic heterocycles. The molecule has 132 valence electrons. The van der Waals surface area contributed by atoms with E-state index >= 15 is 0 Å². The number of aliphatic carboxylic acids is 1. The second kappa shape index (κ2) is 8.54. The number of carboxylic acid groups (broad SMARTS) is 1. The number of nitrogens with two attached hydrogens (primary N) is 1. The van der Waals surface area contributed by atoms with E-state index in [1.54, 1.807) is 6.07 Å². The first-order valence-corrected chi connectivity index (χ1v) is 11.3. The van der Waals surface area contributed by atoms with Crippen molar-refractivity contribution in [2.45, 2.75) is 24.6 Å². The average Bonchev–Trinajstić information content (AvgIpc) is 2.60. The van der Waals surface area contributed by atoms with E-state index in [1.165, 1.54) is 10.2 Å². The third-order valence-electron chi connectivity index (χ3n) is 3.52. The van der Waals surface area contributed by atoms with E-state index < -0.39 is 16.8 Å². The summed E-state index contributed by atoms with van der Waals surface area (Å²) in [5.74, 6) is -1.20. The SMILES string of the molecule is CC(C)(S[Se]c1ccccc1C(=O)Nc1ccccc1)C(N)C(=O)O. The molecule has 0 saturated heterocycles. The Hall–Kier alpha value is -1.79. The van der Waals surface area contributed by atoms with Gasteiger partial charge in [-0.05, 0) is 0 Å². The molecule has 4 N–H and O–H groups in total. The third-order valence-corrected chi connectivity index (χ3v) is 9.58. The summed E-state index contributed by atoms with van der Waals surface area (Å²) < 4.78 is 0.272. The Labute approximate surface area is 156 Å². The Kier molecular flexibility index (Phi) is 6.67. The Bertz CT molecular complexity index is 753. The van der Waals surface area contributed by atoms with Crippen LogP contribution in [0.1, 0.15) is 24.2 Å². The van der Waals surface area contributed by atoms with Gasteiger partial charge in [0, 0.05) is 0 Å². The van der Waals surface area contributed by atoms with E-state index in [0.29, 0.717) is 5.56 Å². The molecule has 0 bridgehead atoms. The van der Waals surface area contributed by atoms with Crippen LogP contribution in [0.3, 0.4) is 0 Å². The number of amides is 1. The number of para-hydroxylation sites is 1. The predicted molar refractivity (Wildman–Crippen MR) is 104 cm³/mol. The van der Waals surface area contributed by atoms with Gasteiger partial charge in [-0.2, -0.15) is 0 Å². The molecular weight excluding hydrogens is 403 g/mol. The van der Waals surface area contributed by atoms with Crippen LogP contribution in [0.4, 0.5) is 5.69 Å². The van der Waals surface area contributed by atoms with Crippen molar-refractivity contribution in [2.75, 3.05) is 5.32 Å². The minimum absolute atomic E-state index is 0.152. The number of hydrogen-bond acceptors (Lipinski definition) is 4. The van der Waals surface area contributed by atoms with Crippen molar-refractivity contribution >= 4 is 46.0 Å². The van der Waals surface area contributed by atoms with Gasteiger partial charge in [0.1, 0.15) is 0 Å². The molecule has 7 heteroatoms. The van der Waals surface area contributed by atoms with Crippen LogP contribution in [0.25, 0.3) is 0 Å². The molecule has 0 spiro atoms. The standard InChI is InChI=1S/C18H20N2O3SSe/c1-18(2,15(19)17(22)23)24-25-14-11-7-6-10-13(14)16(21)20-12-8-4-3-5-9-12/h3-11,15H,19H2,1-2H3,(H,20,21)(H,22,23). The normalized spacial score (nSPS) is 12.4. The van der Waals surface area contributed by atoms with Crippen LogP contribution in [-0.4, -0.2) is 41.6 Å². The number of anilines is 1. The summed E-state index contributed by atoms with van der Waals surface area (Å²) in [6.45, 7) is 3.62. The van der Waals surface area contributed by atoms with Gasteiger partial charge in [-0.15, -0.1) is 0 Å². The zero-order chi connectivity index (χ0) is 18.4. The molecule has 1 amide bonds. The summed E-state index contributed by atoms with van der Waals surface area (Å²) in [7, 11) is 1.48. The van der Waals surface area contributed by atoms with Crippen molar-refractivity contribution in [3.05, 3.63) is 60.2 Å². The molecule has 0 aromatic heterocycles. The van der Waals surface area contributed by atoms with Crippen molar-refractivity contribution in [3.8, 4) is 0 Å².